The summed E-state index contributed by atoms with van der Waals surface area (Å²) in [6.07, 6.45) is -9.41. The Balaban J connectivity index is 1.34. The summed E-state index contributed by atoms with van der Waals surface area (Å²) in [5, 5.41) is 90.2. The highest BCUT2D eigenvalue weighted by Gasteiger charge is 2.47. The minimum absolute atomic E-state index is 0.0496. The number of nitrogens with zero attached hydrogens (tertiary/aromatic N) is 1. The fourth-order valence-corrected chi connectivity index (χ4v) is 8.13. The van der Waals surface area contributed by atoms with Crippen molar-refractivity contribution in [1.29, 1.82) is 0 Å². The first-order valence-electron chi connectivity index (χ1n) is 16.3. The molecule has 0 aromatic heterocycles. The average Bonchev–Trinajstić information content (AvgIpc) is 3.08. The van der Waals surface area contributed by atoms with E-state index in [0.29, 0.717) is 28.0 Å². The van der Waals surface area contributed by atoms with Crippen LogP contribution in [-0.2, 0) is 22.4 Å². The van der Waals surface area contributed by atoms with E-state index in [1.165, 1.54) is 14.0 Å². The van der Waals surface area contributed by atoms with Crippen LogP contribution in [0.1, 0.15) is 49.8 Å². The number of allylic oxidation sites excluding steroid dienone is 1. The summed E-state index contributed by atoms with van der Waals surface area (Å²) in [6.45, 7) is 3.78. The summed E-state index contributed by atoms with van der Waals surface area (Å²) in [7, 11) is 3.27. The summed E-state index contributed by atoms with van der Waals surface area (Å²) in [6, 6.07) is 3.24. The van der Waals surface area contributed by atoms with Gasteiger partial charge in [-0.3, -0.25) is 0 Å². The van der Waals surface area contributed by atoms with Gasteiger partial charge in [-0.05, 0) is 25.5 Å². The van der Waals surface area contributed by atoms with Crippen LogP contribution < -0.4 is 9.47 Å². The van der Waals surface area contributed by atoms with Crippen LogP contribution in [0.25, 0.3) is 26.6 Å². The normalized spacial score (nSPS) is 30.0. The third-order valence-electron chi connectivity index (χ3n) is 10.3. The predicted octanol–water partition coefficient (Wildman–Crippen LogP) is 2.80. The molecule has 4 unspecified atom stereocenters. The Labute approximate surface area is 286 Å². The van der Waals surface area contributed by atoms with Gasteiger partial charge in [-0.1, -0.05) is 24.9 Å². The Morgan fingerprint density at radius 3 is 2.31 bits per heavy atom. The number of aromatic hydroxyl groups is 3. The van der Waals surface area contributed by atoms with Crippen LogP contribution >= 0.6 is 11.6 Å². The van der Waals surface area contributed by atoms with Crippen LogP contribution in [0.5, 0.6) is 28.7 Å². The van der Waals surface area contributed by atoms with E-state index < -0.39 is 49.0 Å². The molecule has 8 atom stereocenters. The Bertz CT molecular complexity index is 1930. The number of aliphatic hydroxyl groups is 5. The van der Waals surface area contributed by atoms with Crippen LogP contribution in [0, 0.1) is 0 Å². The molecule has 3 aliphatic heterocycles. The number of benzene rings is 3. The molecule has 264 valence electrons. The first-order chi connectivity index (χ1) is 23.3. The molecule has 1 fully saturated rings. The number of ether oxygens (including phenoxy) is 4. The second-order valence-electron chi connectivity index (χ2n) is 13.2. The lowest BCUT2D eigenvalue weighted by Gasteiger charge is -2.43. The molecule has 3 heterocycles. The van der Waals surface area contributed by atoms with Gasteiger partial charge in [-0.2, -0.15) is 0 Å². The molecule has 0 saturated carbocycles. The molecule has 0 radical (unpaired) electrons. The quantitative estimate of drug-likeness (QED) is 0.143. The summed E-state index contributed by atoms with van der Waals surface area (Å²) < 4.78 is 23.4. The topological polar surface area (TPSA) is 202 Å². The number of halogens is 1. The first-order valence-corrected chi connectivity index (χ1v) is 16.6. The standard InChI is InChI=1S/C35H40ClNO12/c1-5-6-18-24(36)23-17(11-37(18)3)29(43)21-13(27(23)41)7-8-14-22(21)28(42)16-9-15-26(40)20(10-19(38)32(15)49-34(16)33(14)46-4)48-35-31(45)30(44)25(39)12(2)47-35/h7-8,12,19-20,25-26,30-31,35,38-45H,5-6,9-11H2,1-4H3/t12-,19?,20?,25-,26?,30+,31+,35?/m1/s1. The number of fused-ring (bicyclic) bond motifs is 5. The molecule has 4 aliphatic rings. The third kappa shape index (κ3) is 5.01. The number of phenols is 3. The maximum atomic E-state index is 12.0. The summed E-state index contributed by atoms with van der Waals surface area (Å²) in [4.78, 5) is 1.92. The molecule has 49 heavy (non-hydrogen) atoms. The van der Waals surface area contributed by atoms with Gasteiger partial charge in [0.05, 0.1) is 24.4 Å². The van der Waals surface area contributed by atoms with Gasteiger partial charge in [0.25, 0.3) is 0 Å². The fraction of sp³-hybridized carbons (Fsp3) is 0.486. The van der Waals surface area contributed by atoms with E-state index in [9.17, 15) is 40.9 Å². The number of aliphatic hydroxyl groups excluding tert-OH is 5. The lowest BCUT2D eigenvalue weighted by atomic mass is 9.83. The van der Waals surface area contributed by atoms with Gasteiger partial charge in [0.2, 0.25) is 0 Å². The van der Waals surface area contributed by atoms with Crippen LogP contribution in [-0.4, -0.2) is 109 Å². The van der Waals surface area contributed by atoms with Gasteiger partial charge in [-0.15, -0.1) is 0 Å². The molecule has 3 aromatic rings. The molecule has 0 spiro atoms. The van der Waals surface area contributed by atoms with Crippen molar-refractivity contribution in [2.45, 2.75) is 95.1 Å². The fourth-order valence-electron chi connectivity index (χ4n) is 7.69. The van der Waals surface area contributed by atoms with Crippen molar-refractivity contribution in [3.63, 3.8) is 0 Å². The van der Waals surface area contributed by atoms with Crippen molar-refractivity contribution in [3.8, 4) is 28.7 Å². The molecular formula is C35H40ClNO12. The largest absolute Gasteiger partial charge is 0.507 e. The van der Waals surface area contributed by atoms with Gasteiger partial charge < -0.3 is 64.7 Å². The minimum Gasteiger partial charge on any atom is -0.507 e. The number of phenolic OH excluding ortho intramolecular Hbond substituents is 3. The Morgan fingerprint density at radius 2 is 1.61 bits per heavy atom. The van der Waals surface area contributed by atoms with Crippen LogP contribution in [0.3, 0.4) is 0 Å². The zero-order chi connectivity index (χ0) is 35.2. The molecule has 8 N–H and O–H groups in total. The van der Waals surface area contributed by atoms with E-state index in [4.69, 9.17) is 30.5 Å². The van der Waals surface area contributed by atoms with Crippen molar-refractivity contribution in [1.82, 2.24) is 4.90 Å². The number of hydrogen-bond acceptors (Lipinski definition) is 13. The monoisotopic (exact) mass is 701 g/mol. The Hall–Kier alpha value is -3.53. The molecule has 0 bridgehead atoms. The first kappa shape index (κ1) is 33.9. The van der Waals surface area contributed by atoms with Crippen molar-refractivity contribution in [2.75, 3.05) is 14.2 Å². The van der Waals surface area contributed by atoms with Crippen LogP contribution in [0.2, 0.25) is 0 Å². The highest BCUT2D eigenvalue weighted by Crippen LogP contribution is 2.56. The van der Waals surface area contributed by atoms with Gasteiger partial charge in [0.15, 0.2) is 17.8 Å². The van der Waals surface area contributed by atoms with Crippen LogP contribution in [0.15, 0.2) is 29.2 Å². The molecule has 13 nitrogen and oxygen atoms in total. The molecule has 1 saturated heterocycles. The van der Waals surface area contributed by atoms with Gasteiger partial charge in [0, 0.05) is 75.9 Å². The molecule has 14 heteroatoms. The van der Waals surface area contributed by atoms with Crippen molar-refractivity contribution >= 4 is 38.2 Å². The zero-order valence-corrected chi connectivity index (χ0v) is 28.1. The summed E-state index contributed by atoms with van der Waals surface area (Å²) in [5.41, 5.74) is 1.96. The summed E-state index contributed by atoms with van der Waals surface area (Å²) in [5.74, 6) is -0.237. The highest BCUT2D eigenvalue weighted by atomic mass is 35.5. The maximum Gasteiger partial charge on any atom is 0.186 e. The van der Waals surface area contributed by atoms with E-state index in [1.54, 1.807) is 12.1 Å². The van der Waals surface area contributed by atoms with Gasteiger partial charge >= 0.3 is 0 Å². The van der Waals surface area contributed by atoms with Crippen molar-refractivity contribution in [3.05, 3.63) is 45.9 Å². The van der Waals surface area contributed by atoms with Gasteiger partial charge in [-0.25, -0.2) is 0 Å². The number of methoxy groups -OCH3 is 1. The van der Waals surface area contributed by atoms with Crippen molar-refractivity contribution in [2.24, 2.45) is 0 Å². The lowest BCUT2D eigenvalue weighted by molar-refractivity contribution is -0.311. The van der Waals surface area contributed by atoms with E-state index in [0.717, 1.165) is 12.1 Å². The van der Waals surface area contributed by atoms with E-state index in [2.05, 4.69) is 0 Å². The molecule has 3 aromatic carbocycles. The SMILES string of the molecule is CCCC1=C(Cl)c2c(c(O)c3c(ccc4c(OC)c5c(c(O)c43)CC3=C(O5)C(O)CC(OC4O[C@H](C)[C@@H](O)[C@H](O)[C@@H]4O)C3O)c2O)CN1C. The van der Waals surface area contributed by atoms with E-state index in [-0.39, 0.29) is 81.2 Å². The molecule has 7 rings (SSSR count). The van der Waals surface area contributed by atoms with Gasteiger partial charge in [0.1, 0.15) is 53.5 Å². The highest BCUT2D eigenvalue weighted by molar-refractivity contribution is 6.50. The molecule has 0 amide bonds. The Morgan fingerprint density at radius 1 is 0.939 bits per heavy atom. The maximum absolute atomic E-state index is 12.0. The van der Waals surface area contributed by atoms with E-state index in [1.807, 2.05) is 18.9 Å². The Kier molecular flexibility index (Phi) is 8.56. The van der Waals surface area contributed by atoms with E-state index >= 15 is 0 Å². The molecular weight excluding hydrogens is 662 g/mol. The minimum atomic E-state index is -1.62. The lowest BCUT2D eigenvalue weighted by Crippen LogP contribution is -2.59. The van der Waals surface area contributed by atoms with Crippen molar-refractivity contribution < 1.29 is 59.8 Å². The number of hydrogen-bond donors (Lipinski definition) is 8. The second kappa shape index (κ2) is 12.4. The summed E-state index contributed by atoms with van der Waals surface area (Å²) >= 11 is 6.83. The predicted molar refractivity (Wildman–Crippen MR) is 177 cm³/mol. The number of rotatable bonds is 5. The zero-order valence-electron chi connectivity index (χ0n) is 27.3. The molecule has 1 aliphatic carbocycles. The van der Waals surface area contributed by atoms with Crippen LogP contribution in [0.4, 0.5) is 0 Å². The second-order valence-corrected chi connectivity index (χ2v) is 13.6. The smallest absolute Gasteiger partial charge is 0.186 e. The third-order valence-corrected chi connectivity index (χ3v) is 10.7. The average molecular weight is 702 g/mol.